The first-order valence-electron chi connectivity index (χ1n) is 3.79. The largest absolute Gasteiger partial charge is 0.271 e. The highest BCUT2D eigenvalue weighted by atomic mass is 19.3. The van der Waals surface area contributed by atoms with Gasteiger partial charge in [-0.05, 0) is 26.2 Å². The van der Waals surface area contributed by atoms with E-state index in [1.807, 2.05) is 0 Å². The molecule has 2 bridgehead atoms. The lowest BCUT2D eigenvalue weighted by molar-refractivity contribution is -0.277. The van der Waals surface area contributed by atoms with Gasteiger partial charge >= 0.3 is 0 Å². The van der Waals surface area contributed by atoms with Crippen molar-refractivity contribution in [3.63, 3.8) is 0 Å². The van der Waals surface area contributed by atoms with Crippen molar-refractivity contribution in [2.45, 2.75) is 37.6 Å². The van der Waals surface area contributed by atoms with Gasteiger partial charge in [-0.25, -0.2) is 8.78 Å². The standard InChI is InChI=1S/C7H12F2N2/c1-5(8,9)6-2-7(3-6,4-6)11-10/h11H,2-4,10H2,1H3. The Morgan fingerprint density at radius 3 is 2.09 bits per heavy atom. The Morgan fingerprint density at radius 1 is 1.36 bits per heavy atom. The molecule has 3 aliphatic rings. The Kier molecular flexibility index (Phi) is 1.07. The molecule has 0 atom stereocenters. The second-order valence-corrected chi connectivity index (χ2v) is 4.12. The second-order valence-electron chi connectivity index (χ2n) is 4.12. The normalized spacial score (nSPS) is 48.0. The van der Waals surface area contributed by atoms with Gasteiger partial charge in [-0.2, -0.15) is 0 Å². The van der Waals surface area contributed by atoms with Crippen LogP contribution in [-0.4, -0.2) is 11.5 Å². The molecule has 64 valence electrons. The predicted octanol–water partition coefficient (Wildman–Crippen LogP) is 1.03. The smallest absolute Gasteiger partial charge is 0.251 e. The van der Waals surface area contributed by atoms with Crippen molar-refractivity contribution in [1.82, 2.24) is 5.43 Å². The fourth-order valence-electron chi connectivity index (χ4n) is 2.41. The molecule has 3 saturated carbocycles. The third kappa shape index (κ3) is 0.667. The number of nitrogens with one attached hydrogen (secondary N) is 1. The zero-order valence-corrected chi connectivity index (χ0v) is 6.45. The SMILES string of the molecule is CC(F)(F)C12CC(NN)(C1)C2. The molecule has 0 amide bonds. The van der Waals surface area contributed by atoms with Crippen LogP contribution >= 0.6 is 0 Å². The number of halogens is 2. The second kappa shape index (κ2) is 1.59. The minimum Gasteiger partial charge on any atom is -0.271 e. The molecule has 0 aromatic rings. The van der Waals surface area contributed by atoms with E-state index in [4.69, 9.17) is 5.84 Å². The third-order valence-corrected chi connectivity index (χ3v) is 3.27. The van der Waals surface area contributed by atoms with E-state index >= 15 is 0 Å². The molecule has 3 fully saturated rings. The van der Waals surface area contributed by atoms with Crippen LogP contribution in [0.5, 0.6) is 0 Å². The van der Waals surface area contributed by atoms with Crippen molar-refractivity contribution < 1.29 is 8.78 Å². The van der Waals surface area contributed by atoms with E-state index in [2.05, 4.69) is 5.43 Å². The highest BCUT2D eigenvalue weighted by molar-refractivity contribution is 5.25. The van der Waals surface area contributed by atoms with Gasteiger partial charge in [0.1, 0.15) is 0 Å². The van der Waals surface area contributed by atoms with Gasteiger partial charge in [0.25, 0.3) is 5.92 Å². The first kappa shape index (κ1) is 7.43. The zero-order valence-electron chi connectivity index (χ0n) is 6.45. The topological polar surface area (TPSA) is 38.0 Å². The molecule has 3 N–H and O–H groups in total. The summed E-state index contributed by atoms with van der Waals surface area (Å²) in [6, 6.07) is 0. The van der Waals surface area contributed by atoms with Crippen LogP contribution in [0.3, 0.4) is 0 Å². The van der Waals surface area contributed by atoms with Crippen LogP contribution in [0.2, 0.25) is 0 Å². The molecule has 0 saturated heterocycles. The molecule has 11 heavy (non-hydrogen) atoms. The number of alkyl halides is 2. The van der Waals surface area contributed by atoms with E-state index in [-0.39, 0.29) is 5.54 Å². The van der Waals surface area contributed by atoms with Gasteiger partial charge in [0.15, 0.2) is 0 Å². The number of hydrogen-bond acceptors (Lipinski definition) is 2. The van der Waals surface area contributed by atoms with E-state index < -0.39 is 11.3 Å². The Balaban J connectivity index is 2.04. The number of nitrogens with two attached hydrogens (primary N) is 1. The van der Waals surface area contributed by atoms with Crippen molar-refractivity contribution in [1.29, 1.82) is 0 Å². The Labute approximate surface area is 64.1 Å². The first-order chi connectivity index (χ1) is 4.93. The summed E-state index contributed by atoms with van der Waals surface area (Å²) in [6.07, 6.45) is 1.63. The van der Waals surface area contributed by atoms with Gasteiger partial charge in [-0.1, -0.05) is 0 Å². The minimum absolute atomic E-state index is 0.126. The van der Waals surface area contributed by atoms with Crippen molar-refractivity contribution >= 4 is 0 Å². The molecule has 0 spiro atoms. The van der Waals surface area contributed by atoms with Crippen LogP contribution < -0.4 is 11.3 Å². The van der Waals surface area contributed by atoms with Crippen molar-refractivity contribution in [2.24, 2.45) is 11.3 Å². The lowest BCUT2D eigenvalue weighted by Gasteiger charge is -2.71. The molecule has 3 aliphatic carbocycles. The van der Waals surface area contributed by atoms with Crippen LogP contribution in [-0.2, 0) is 0 Å². The lowest BCUT2D eigenvalue weighted by Crippen LogP contribution is -2.79. The summed E-state index contributed by atoms with van der Waals surface area (Å²) in [4.78, 5) is 0. The Hall–Kier alpha value is -0.220. The predicted molar refractivity (Wildman–Crippen MR) is 37.0 cm³/mol. The molecule has 0 radical (unpaired) electrons. The summed E-state index contributed by atoms with van der Waals surface area (Å²) >= 11 is 0. The van der Waals surface area contributed by atoms with Crippen LogP contribution in [0.25, 0.3) is 0 Å². The number of rotatable bonds is 2. The van der Waals surface area contributed by atoms with Crippen molar-refractivity contribution in [3.05, 3.63) is 0 Å². The lowest BCUT2D eigenvalue weighted by atomic mass is 9.37. The highest BCUT2D eigenvalue weighted by Gasteiger charge is 2.75. The van der Waals surface area contributed by atoms with E-state index in [1.165, 1.54) is 0 Å². The molecular formula is C7H12F2N2. The summed E-state index contributed by atoms with van der Waals surface area (Å²) in [6.45, 7) is 1.01. The molecule has 2 nitrogen and oxygen atoms in total. The van der Waals surface area contributed by atoms with Crippen molar-refractivity contribution in [2.75, 3.05) is 0 Å². The molecule has 3 rings (SSSR count). The highest BCUT2D eigenvalue weighted by Crippen LogP contribution is 2.72. The zero-order chi connectivity index (χ0) is 8.33. The maximum absolute atomic E-state index is 12.8. The molecule has 0 aromatic carbocycles. The molecule has 0 unspecified atom stereocenters. The fraction of sp³-hybridized carbons (Fsp3) is 1.00. The quantitative estimate of drug-likeness (QED) is 0.470. The summed E-state index contributed by atoms with van der Waals surface area (Å²) in [5.74, 6) is 2.69. The number of hydrazine groups is 1. The minimum atomic E-state index is -2.52. The maximum Gasteiger partial charge on any atom is 0.251 e. The fourth-order valence-corrected chi connectivity index (χ4v) is 2.41. The summed E-state index contributed by atoms with van der Waals surface area (Å²) in [5.41, 5.74) is 1.77. The van der Waals surface area contributed by atoms with Gasteiger partial charge in [0.2, 0.25) is 0 Å². The molecule has 0 aliphatic heterocycles. The average molecular weight is 162 g/mol. The summed E-state index contributed by atoms with van der Waals surface area (Å²) in [7, 11) is 0. The molecular weight excluding hydrogens is 150 g/mol. The van der Waals surface area contributed by atoms with Crippen molar-refractivity contribution in [3.8, 4) is 0 Å². The number of hydrogen-bond donors (Lipinski definition) is 2. The van der Waals surface area contributed by atoms with Gasteiger partial charge in [-0.3, -0.25) is 11.3 Å². The van der Waals surface area contributed by atoms with Crippen LogP contribution in [0.4, 0.5) is 8.78 Å². The Bertz CT molecular complexity index is 177. The average Bonchev–Trinajstić information content (AvgIpc) is 1.53. The summed E-state index contributed by atoms with van der Waals surface area (Å²) in [5, 5.41) is 0. The van der Waals surface area contributed by atoms with E-state index in [9.17, 15) is 8.78 Å². The molecule has 0 aromatic heterocycles. The van der Waals surface area contributed by atoms with E-state index in [0.29, 0.717) is 19.3 Å². The van der Waals surface area contributed by atoms with Crippen LogP contribution in [0, 0.1) is 5.41 Å². The van der Waals surface area contributed by atoms with E-state index in [1.54, 1.807) is 0 Å². The van der Waals surface area contributed by atoms with Crippen LogP contribution in [0.1, 0.15) is 26.2 Å². The first-order valence-corrected chi connectivity index (χ1v) is 3.79. The summed E-state index contributed by atoms with van der Waals surface area (Å²) < 4.78 is 25.7. The van der Waals surface area contributed by atoms with Gasteiger partial charge in [-0.15, -0.1) is 0 Å². The molecule has 0 heterocycles. The third-order valence-electron chi connectivity index (χ3n) is 3.27. The van der Waals surface area contributed by atoms with E-state index in [0.717, 1.165) is 6.92 Å². The van der Waals surface area contributed by atoms with Gasteiger partial charge < -0.3 is 0 Å². The van der Waals surface area contributed by atoms with Gasteiger partial charge in [0, 0.05) is 11.0 Å². The van der Waals surface area contributed by atoms with Gasteiger partial charge in [0.05, 0.1) is 0 Å². The Morgan fingerprint density at radius 2 is 1.82 bits per heavy atom. The molecule has 4 heteroatoms. The maximum atomic E-state index is 12.8. The monoisotopic (exact) mass is 162 g/mol. The van der Waals surface area contributed by atoms with Crippen LogP contribution in [0.15, 0.2) is 0 Å².